The summed E-state index contributed by atoms with van der Waals surface area (Å²) in [4.78, 5) is 10.6. The SMILES string of the molecule is COc1ccc(CNc2cc(F)cc(C=O)c2)cc1. The van der Waals surface area contributed by atoms with Gasteiger partial charge in [0.15, 0.2) is 0 Å². The molecule has 0 aliphatic rings. The number of anilines is 1. The molecule has 0 amide bonds. The lowest BCUT2D eigenvalue weighted by molar-refractivity contribution is 0.112. The Balaban J connectivity index is 2.05. The summed E-state index contributed by atoms with van der Waals surface area (Å²) >= 11 is 0. The van der Waals surface area contributed by atoms with Crippen LogP contribution in [0.2, 0.25) is 0 Å². The summed E-state index contributed by atoms with van der Waals surface area (Å²) in [5.74, 6) is 0.361. The quantitative estimate of drug-likeness (QED) is 0.837. The molecule has 0 bridgehead atoms. The summed E-state index contributed by atoms with van der Waals surface area (Å²) in [6.45, 7) is 0.547. The highest BCUT2D eigenvalue weighted by atomic mass is 19.1. The molecule has 0 fully saturated rings. The highest BCUT2D eigenvalue weighted by Gasteiger charge is 2.00. The van der Waals surface area contributed by atoms with E-state index in [1.54, 1.807) is 13.2 Å². The molecule has 0 atom stereocenters. The number of nitrogens with one attached hydrogen (secondary N) is 1. The minimum absolute atomic E-state index is 0.317. The second kappa shape index (κ2) is 6.00. The van der Waals surface area contributed by atoms with Crippen molar-refractivity contribution in [3.63, 3.8) is 0 Å². The van der Waals surface area contributed by atoms with Crippen molar-refractivity contribution in [3.8, 4) is 5.75 Å². The number of rotatable bonds is 5. The van der Waals surface area contributed by atoms with Crippen molar-refractivity contribution in [1.82, 2.24) is 0 Å². The van der Waals surface area contributed by atoms with Gasteiger partial charge in [-0.3, -0.25) is 4.79 Å². The molecule has 2 rings (SSSR count). The van der Waals surface area contributed by atoms with Gasteiger partial charge >= 0.3 is 0 Å². The first-order valence-corrected chi connectivity index (χ1v) is 5.84. The monoisotopic (exact) mass is 259 g/mol. The fraction of sp³-hybridized carbons (Fsp3) is 0.133. The maximum atomic E-state index is 13.2. The van der Waals surface area contributed by atoms with Gasteiger partial charge in [-0.15, -0.1) is 0 Å². The molecule has 19 heavy (non-hydrogen) atoms. The van der Waals surface area contributed by atoms with Crippen LogP contribution in [0.3, 0.4) is 0 Å². The number of benzene rings is 2. The van der Waals surface area contributed by atoms with Crippen molar-refractivity contribution < 1.29 is 13.9 Å². The number of aldehydes is 1. The Morgan fingerprint density at radius 3 is 2.58 bits per heavy atom. The van der Waals surface area contributed by atoms with E-state index in [4.69, 9.17) is 4.74 Å². The maximum absolute atomic E-state index is 13.2. The first-order chi connectivity index (χ1) is 9.21. The Kier molecular flexibility index (Phi) is 4.13. The first kappa shape index (κ1) is 13.1. The lowest BCUT2D eigenvalue weighted by Crippen LogP contribution is -2.00. The fourth-order valence-corrected chi connectivity index (χ4v) is 1.73. The van der Waals surface area contributed by atoms with E-state index >= 15 is 0 Å². The highest BCUT2D eigenvalue weighted by molar-refractivity contribution is 5.77. The Hall–Kier alpha value is -2.36. The molecule has 0 aliphatic carbocycles. The molecule has 0 saturated heterocycles. The molecule has 1 N–H and O–H groups in total. The molecule has 0 spiro atoms. The number of carbonyl (C=O) groups is 1. The number of carbonyl (C=O) groups excluding carboxylic acids is 1. The van der Waals surface area contributed by atoms with Gasteiger partial charge < -0.3 is 10.1 Å². The number of hydrogen-bond acceptors (Lipinski definition) is 3. The highest BCUT2D eigenvalue weighted by Crippen LogP contribution is 2.16. The third-order valence-corrected chi connectivity index (χ3v) is 2.71. The summed E-state index contributed by atoms with van der Waals surface area (Å²) in [5.41, 5.74) is 1.94. The summed E-state index contributed by atoms with van der Waals surface area (Å²) in [7, 11) is 1.61. The van der Waals surface area contributed by atoms with Crippen molar-refractivity contribution >= 4 is 12.0 Å². The maximum Gasteiger partial charge on any atom is 0.150 e. The average Bonchev–Trinajstić information content (AvgIpc) is 2.45. The molecular weight excluding hydrogens is 245 g/mol. The molecule has 0 radical (unpaired) electrons. The van der Waals surface area contributed by atoms with Crippen molar-refractivity contribution in [1.29, 1.82) is 0 Å². The molecular formula is C15H14FNO2. The molecule has 0 saturated carbocycles. The van der Waals surface area contributed by atoms with E-state index in [0.29, 0.717) is 24.1 Å². The Morgan fingerprint density at radius 2 is 1.95 bits per heavy atom. The number of ether oxygens (including phenoxy) is 1. The van der Waals surface area contributed by atoms with Gasteiger partial charge in [-0.05, 0) is 35.9 Å². The summed E-state index contributed by atoms with van der Waals surface area (Å²) < 4.78 is 18.3. The van der Waals surface area contributed by atoms with Gasteiger partial charge in [0.2, 0.25) is 0 Å². The number of halogens is 1. The van der Waals surface area contributed by atoms with E-state index in [2.05, 4.69) is 5.32 Å². The number of hydrogen-bond donors (Lipinski definition) is 1. The Morgan fingerprint density at radius 1 is 1.21 bits per heavy atom. The fourth-order valence-electron chi connectivity index (χ4n) is 1.73. The lowest BCUT2D eigenvalue weighted by atomic mass is 10.2. The van der Waals surface area contributed by atoms with Crippen molar-refractivity contribution in [2.45, 2.75) is 6.54 Å². The van der Waals surface area contributed by atoms with E-state index in [9.17, 15) is 9.18 Å². The van der Waals surface area contributed by atoms with Crippen LogP contribution in [-0.2, 0) is 6.54 Å². The van der Waals surface area contributed by atoms with Crippen LogP contribution >= 0.6 is 0 Å². The van der Waals surface area contributed by atoms with Crippen LogP contribution < -0.4 is 10.1 Å². The van der Waals surface area contributed by atoms with Gasteiger partial charge in [-0.25, -0.2) is 4.39 Å². The predicted molar refractivity (Wildman–Crippen MR) is 72.1 cm³/mol. The van der Waals surface area contributed by atoms with E-state index in [-0.39, 0.29) is 0 Å². The molecule has 0 unspecified atom stereocenters. The first-order valence-electron chi connectivity index (χ1n) is 5.84. The molecule has 2 aromatic carbocycles. The van der Waals surface area contributed by atoms with Crippen LogP contribution in [0.25, 0.3) is 0 Å². The summed E-state index contributed by atoms with van der Waals surface area (Å²) in [6, 6.07) is 11.7. The van der Waals surface area contributed by atoms with E-state index < -0.39 is 5.82 Å². The van der Waals surface area contributed by atoms with E-state index in [1.807, 2.05) is 24.3 Å². The van der Waals surface area contributed by atoms with Gasteiger partial charge in [0.1, 0.15) is 17.9 Å². The van der Waals surface area contributed by atoms with Crippen molar-refractivity contribution in [3.05, 3.63) is 59.4 Å². The molecule has 3 nitrogen and oxygen atoms in total. The summed E-state index contributed by atoms with van der Waals surface area (Å²) in [5, 5.41) is 3.07. The number of methoxy groups -OCH3 is 1. The zero-order valence-electron chi connectivity index (χ0n) is 10.5. The largest absolute Gasteiger partial charge is 0.497 e. The Labute approximate surface area is 111 Å². The van der Waals surface area contributed by atoms with E-state index in [0.717, 1.165) is 11.3 Å². The molecule has 4 heteroatoms. The zero-order chi connectivity index (χ0) is 13.7. The summed E-state index contributed by atoms with van der Waals surface area (Å²) in [6.07, 6.45) is 0.627. The van der Waals surface area contributed by atoms with Crippen molar-refractivity contribution in [2.24, 2.45) is 0 Å². The van der Waals surface area contributed by atoms with Gasteiger partial charge in [-0.2, -0.15) is 0 Å². The van der Waals surface area contributed by atoms with Crippen molar-refractivity contribution in [2.75, 3.05) is 12.4 Å². The normalized spacial score (nSPS) is 10.0. The van der Waals surface area contributed by atoms with Gasteiger partial charge in [0, 0.05) is 17.8 Å². The topological polar surface area (TPSA) is 38.3 Å². The van der Waals surface area contributed by atoms with Crippen LogP contribution in [0.4, 0.5) is 10.1 Å². The second-order valence-electron chi connectivity index (χ2n) is 4.09. The molecule has 2 aromatic rings. The molecule has 0 aliphatic heterocycles. The minimum atomic E-state index is -0.429. The smallest absolute Gasteiger partial charge is 0.150 e. The van der Waals surface area contributed by atoms with Crippen LogP contribution in [0.15, 0.2) is 42.5 Å². The van der Waals surface area contributed by atoms with Crippen LogP contribution in [0.5, 0.6) is 5.75 Å². The average molecular weight is 259 g/mol. The minimum Gasteiger partial charge on any atom is -0.497 e. The third kappa shape index (κ3) is 3.55. The van der Waals surface area contributed by atoms with Gasteiger partial charge in [-0.1, -0.05) is 12.1 Å². The van der Waals surface area contributed by atoms with E-state index in [1.165, 1.54) is 12.1 Å². The molecule has 98 valence electrons. The lowest BCUT2D eigenvalue weighted by Gasteiger charge is -2.08. The van der Waals surface area contributed by atoms with Crippen LogP contribution in [0.1, 0.15) is 15.9 Å². The van der Waals surface area contributed by atoms with Crippen LogP contribution in [0, 0.1) is 5.82 Å². The predicted octanol–water partition coefficient (Wildman–Crippen LogP) is 3.26. The van der Waals surface area contributed by atoms with Gasteiger partial charge in [0.05, 0.1) is 7.11 Å². The standard InChI is InChI=1S/C15H14FNO2/c1-19-15-4-2-11(3-5-15)9-17-14-7-12(10-18)6-13(16)8-14/h2-8,10,17H,9H2,1H3. The van der Waals surface area contributed by atoms with Crippen LogP contribution in [-0.4, -0.2) is 13.4 Å². The molecule has 0 heterocycles. The second-order valence-corrected chi connectivity index (χ2v) is 4.09. The third-order valence-electron chi connectivity index (χ3n) is 2.71. The Bertz CT molecular complexity index is 567. The molecule has 0 aromatic heterocycles. The zero-order valence-corrected chi connectivity index (χ0v) is 10.5. The van der Waals surface area contributed by atoms with Gasteiger partial charge in [0.25, 0.3) is 0 Å².